The van der Waals surface area contributed by atoms with E-state index in [1.54, 1.807) is 0 Å². The minimum atomic E-state index is 0.516. The van der Waals surface area contributed by atoms with E-state index in [0.717, 1.165) is 61.8 Å². The summed E-state index contributed by atoms with van der Waals surface area (Å²) in [7, 11) is 0. The van der Waals surface area contributed by atoms with Crippen molar-refractivity contribution >= 4 is 17.2 Å². The Labute approximate surface area is 290 Å². The summed E-state index contributed by atoms with van der Waals surface area (Å²) in [4.78, 5) is 22.6. The minimum absolute atomic E-state index is 0.516. The van der Waals surface area contributed by atoms with E-state index in [2.05, 4.69) is 59.5 Å². The summed E-state index contributed by atoms with van der Waals surface area (Å²) in [5.41, 5.74) is 8.57. The van der Waals surface area contributed by atoms with Gasteiger partial charge in [0.05, 0.1) is 16.9 Å². The zero-order valence-electron chi connectivity index (χ0n) is 26.9. The van der Waals surface area contributed by atoms with E-state index < -0.39 is 0 Å². The highest BCUT2D eigenvalue weighted by Crippen LogP contribution is 2.51. The van der Waals surface area contributed by atoms with Gasteiger partial charge >= 0.3 is 0 Å². The van der Waals surface area contributed by atoms with Crippen molar-refractivity contribution in [3.05, 3.63) is 176 Å². The molecule has 1 aliphatic rings. The van der Waals surface area contributed by atoms with Crippen LogP contribution in [0.4, 0.5) is 17.2 Å². The Balaban J connectivity index is 1.30. The molecule has 3 heterocycles. The average molecular weight is 644 g/mol. The second-order valence-electron chi connectivity index (χ2n) is 12.0. The van der Waals surface area contributed by atoms with Crippen molar-refractivity contribution < 1.29 is 4.74 Å². The summed E-state index contributed by atoms with van der Waals surface area (Å²) in [6.45, 7) is 0. The first-order valence-electron chi connectivity index (χ1n) is 16.5. The summed E-state index contributed by atoms with van der Waals surface area (Å²) in [5, 5.41) is 0. The molecule has 0 fully saturated rings. The summed E-state index contributed by atoms with van der Waals surface area (Å²) in [6.07, 6.45) is 1.93. The predicted molar refractivity (Wildman–Crippen MR) is 200 cm³/mol. The second-order valence-corrected chi connectivity index (χ2v) is 12.0. The number of benzene rings is 6. The molecular weight excluding hydrogens is 615 g/mol. The number of hydrogen-bond donors (Lipinski definition) is 0. The van der Waals surface area contributed by atoms with Gasteiger partial charge in [0.1, 0.15) is 5.82 Å². The van der Waals surface area contributed by atoms with Crippen LogP contribution in [0.25, 0.3) is 56.4 Å². The van der Waals surface area contributed by atoms with Crippen molar-refractivity contribution in [3.63, 3.8) is 0 Å². The van der Waals surface area contributed by atoms with Crippen LogP contribution < -0.4 is 9.64 Å². The van der Waals surface area contributed by atoms with E-state index in [-0.39, 0.29) is 0 Å². The lowest BCUT2D eigenvalue weighted by Gasteiger charge is -2.33. The maximum absolute atomic E-state index is 6.37. The van der Waals surface area contributed by atoms with Gasteiger partial charge in [0.15, 0.2) is 29.0 Å². The molecule has 0 aliphatic carbocycles. The van der Waals surface area contributed by atoms with Gasteiger partial charge in [-0.2, -0.15) is 0 Å². The first-order chi connectivity index (χ1) is 24.8. The van der Waals surface area contributed by atoms with E-state index in [1.165, 1.54) is 0 Å². The van der Waals surface area contributed by atoms with Crippen LogP contribution in [-0.2, 0) is 0 Å². The van der Waals surface area contributed by atoms with Gasteiger partial charge < -0.3 is 4.74 Å². The van der Waals surface area contributed by atoms with E-state index >= 15 is 0 Å². The molecule has 0 atom stereocenters. The largest absolute Gasteiger partial charge is 0.453 e. The molecule has 0 unspecified atom stereocenters. The lowest BCUT2D eigenvalue weighted by molar-refractivity contribution is 0.476. The minimum Gasteiger partial charge on any atom is -0.453 e. The number of para-hydroxylation sites is 4. The standard InChI is InChI=1S/C44H29N5O/c1-4-15-30(16-5-1)33-21-14-22-34(27-33)35-28-36(43-47-41(31-17-6-2-7-18-31)46-42(48-43)32-19-8-3-9-20-32)44(45-29-35)49-37-23-10-12-25-39(37)50-40-26-13-11-24-38(40)49/h1-29H. The zero-order chi connectivity index (χ0) is 33.3. The average Bonchev–Trinajstić information content (AvgIpc) is 3.20. The number of ether oxygens (including phenoxy) is 1. The lowest BCUT2D eigenvalue weighted by Crippen LogP contribution is -2.18. The fourth-order valence-electron chi connectivity index (χ4n) is 6.33. The summed E-state index contributed by atoms with van der Waals surface area (Å²) < 4.78 is 6.37. The molecule has 1 aliphatic heterocycles. The fourth-order valence-corrected chi connectivity index (χ4v) is 6.33. The number of rotatable bonds is 6. The van der Waals surface area contributed by atoms with Gasteiger partial charge in [0.2, 0.25) is 0 Å². The molecule has 236 valence electrons. The van der Waals surface area contributed by atoms with Crippen molar-refractivity contribution in [2.24, 2.45) is 0 Å². The van der Waals surface area contributed by atoms with Crippen molar-refractivity contribution in [2.75, 3.05) is 4.90 Å². The van der Waals surface area contributed by atoms with Crippen LogP contribution in [0, 0.1) is 0 Å². The third-order valence-electron chi connectivity index (χ3n) is 8.75. The number of anilines is 3. The smallest absolute Gasteiger partial charge is 0.167 e. The Bertz CT molecular complexity index is 2370. The molecular formula is C44H29N5O. The van der Waals surface area contributed by atoms with Gasteiger partial charge in [-0.3, -0.25) is 4.90 Å². The van der Waals surface area contributed by atoms with Crippen molar-refractivity contribution in [3.8, 4) is 67.9 Å². The molecule has 6 nitrogen and oxygen atoms in total. The van der Waals surface area contributed by atoms with Gasteiger partial charge in [0, 0.05) is 22.9 Å². The fraction of sp³-hybridized carbons (Fsp3) is 0. The van der Waals surface area contributed by atoms with Crippen LogP contribution in [0.15, 0.2) is 176 Å². The maximum atomic E-state index is 6.37. The quantitative estimate of drug-likeness (QED) is 0.180. The summed E-state index contributed by atoms with van der Waals surface area (Å²) in [5.74, 6) is 3.84. The maximum Gasteiger partial charge on any atom is 0.167 e. The topological polar surface area (TPSA) is 64.0 Å². The highest BCUT2D eigenvalue weighted by atomic mass is 16.5. The number of hydrogen-bond acceptors (Lipinski definition) is 6. The normalized spacial score (nSPS) is 11.7. The second kappa shape index (κ2) is 12.6. The molecule has 50 heavy (non-hydrogen) atoms. The third kappa shape index (κ3) is 5.45. The molecule has 0 saturated carbocycles. The highest BCUT2D eigenvalue weighted by molar-refractivity contribution is 5.91. The molecule has 8 aromatic rings. The van der Waals surface area contributed by atoms with Crippen molar-refractivity contribution in [2.45, 2.75) is 0 Å². The molecule has 0 spiro atoms. The lowest BCUT2D eigenvalue weighted by atomic mass is 9.98. The van der Waals surface area contributed by atoms with E-state index in [1.807, 2.05) is 121 Å². The van der Waals surface area contributed by atoms with Gasteiger partial charge in [0.25, 0.3) is 0 Å². The zero-order valence-corrected chi connectivity index (χ0v) is 26.9. The van der Waals surface area contributed by atoms with E-state index in [9.17, 15) is 0 Å². The Morgan fingerprint density at radius 3 is 1.42 bits per heavy atom. The molecule has 6 aromatic carbocycles. The molecule has 0 amide bonds. The van der Waals surface area contributed by atoms with Crippen molar-refractivity contribution in [1.29, 1.82) is 0 Å². The van der Waals surface area contributed by atoms with Gasteiger partial charge in [-0.15, -0.1) is 0 Å². The first kappa shape index (κ1) is 29.2. The van der Waals surface area contributed by atoms with E-state index in [4.69, 9.17) is 24.7 Å². The monoisotopic (exact) mass is 643 g/mol. The molecule has 0 radical (unpaired) electrons. The van der Waals surface area contributed by atoms with Crippen LogP contribution in [0.3, 0.4) is 0 Å². The van der Waals surface area contributed by atoms with Crippen LogP contribution in [0.5, 0.6) is 11.5 Å². The number of fused-ring (bicyclic) bond motifs is 2. The van der Waals surface area contributed by atoms with Gasteiger partial charge in [-0.05, 0) is 53.1 Å². The molecule has 0 bridgehead atoms. The number of aromatic nitrogens is 4. The first-order valence-corrected chi connectivity index (χ1v) is 16.5. The third-order valence-corrected chi connectivity index (χ3v) is 8.75. The molecule has 2 aromatic heterocycles. The molecule has 0 N–H and O–H groups in total. The molecule has 6 heteroatoms. The van der Waals surface area contributed by atoms with E-state index in [0.29, 0.717) is 23.3 Å². The Morgan fingerprint density at radius 1 is 0.380 bits per heavy atom. The van der Waals surface area contributed by atoms with Crippen LogP contribution >= 0.6 is 0 Å². The highest BCUT2D eigenvalue weighted by Gasteiger charge is 2.29. The summed E-state index contributed by atoms with van der Waals surface area (Å²) in [6, 6.07) is 57.2. The number of nitrogens with zero attached hydrogens (tertiary/aromatic N) is 5. The predicted octanol–water partition coefficient (Wildman–Crippen LogP) is 11.2. The molecule has 9 rings (SSSR count). The van der Waals surface area contributed by atoms with Gasteiger partial charge in [-0.1, -0.05) is 133 Å². The Morgan fingerprint density at radius 2 is 0.840 bits per heavy atom. The van der Waals surface area contributed by atoms with Crippen LogP contribution in [0.2, 0.25) is 0 Å². The van der Waals surface area contributed by atoms with Crippen molar-refractivity contribution in [1.82, 2.24) is 19.9 Å². The SMILES string of the molecule is c1ccc(-c2cccc(-c3cnc(N4c5ccccc5Oc5ccccc54)c(-c4nc(-c5ccccc5)nc(-c5ccccc5)n4)c3)c2)cc1. The van der Waals surface area contributed by atoms with Crippen LogP contribution in [0.1, 0.15) is 0 Å². The molecule has 0 saturated heterocycles. The van der Waals surface area contributed by atoms with Crippen LogP contribution in [-0.4, -0.2) is 19.9 Å². The summed E-state index contributed by atoms with van der Waals surface area (Å²) >= 11 is 0. The Kier molecular flexibility index (Phi) is 7.37. The number of pyridine rings is 1. The Hall–Kier alpha value is -6.92. The van der Waals surface area contributed by atoms with Gasteiger partial charge in [-0.25, -0.2) is 19.9 Å².